The summed E-state index contributed by atoms with van der Waals surface area (Å²) in [6.45, 7) is 13.3. The SMILES string of the molecule is Cc1cccc(C)c1N=C1SCCSC1=Nc1c(C(C)C)cccc1C(C)C. The minimum atomic E-state index is 0.443. The summed E-state index contributed by atoms with van der Waals surface area (Å²) in [4.78, 5) is 10.3. The lowest BCUT2D eigenvalue weighted by atomic mass is 9.93. The Bertz CT molecular complexity index is 864. The Balaban J connectivity index is 2.13. The molecule has 0 bridgehead atoms. The molecule has 1 heterocycles. The predicted octanol–water partition coefficient (Wildman–Crippen LogP) is 7.79. The quantitative estimate of drug-likeness (QED) is 0.514. The first-order valence-electron chi connectivity index (χ1n) is 10.0. The van der Waals surface area contributed by atoms with E-state index in [1.54, 1.807) is 0 Å². The summed E-state index contributed by atoms with van der Waals surface area (Å²) in [6.07, 6.45) is 0. The first-order valence-corrected chi connectivity index (χ1v) is 12.0. The summed E-state index contributed by atoms with van der Waals surface area (Å²) < 4.78 is 0. The summed E-state index contributed by atoms with van der Waals surface area (Å²) in [6, 6.07) is 13.0. The highest BCUT2D eigenvalue weighted by molar-refractivity contribution is 8.27. The minimum absolute atomic E-state index is 0.443. The molecular weight excluding hydrogens is 380 g/mol. The normalized spacial score (nSPS) is 17.9. The van der Waals surface area contributed by atoms with E-state index in [-0.39, 0.29) is 0 Å². The highest BCUT2D eigenvalue weighted by Gasteiger charge is 2.20. The van der Waals surface area contributed by atoms with Gasteiger partial charge >= 0.3 is 0 Å². The van der Waals surface area contributed by atoms with Crippen molar-refractivity contribution in [2.75, 3.05) is 11.5 Å². The maximum absolute atomic E-state index is 5.23. The minimum Gasteiger partial charge on any atom is -0.239 e. The molecule has 0 aromatic heterocycles. The Morgan fingerprint density at radius 2 is 1.11 bits per heavy atom. The van der Waals surface area contributed by atoms with Crippen molar-refractivity contribution in [3.63, 3.8) is 0 Å². The molecule has 1 fully saturated rings. The molecule has 28 heavy (non-hydrogen) atoms. The molecule has 0 unspecified atom stereocenters. The average Bonchev–Trinajstić information content (AvgIpc) is 2.66. The van der Waals surface area contributed by atoms with Gasteiger partial charge in [0, 0.05) is 11.5 Å². The number of thioether (sulfide) groups is 2. The van der Waals surface area contributed by atoms with E-state index in [0.717, 1.165) is 33.0 Å². The molecule has 0 atom stereocenters. The number of hydrogen-bond donors (Lipinski definition) is 0. The second-order valence-corrected chi connectivity index (χ2v) is 10.0. The topological polar surface area (TPSA) is 24.7 Å². The zero-order valence-corrected chi connectivity index (χ0v) is 19.4. The standard InChI is InChI=1S/C24H30N2S2/c1-15(2)19-11-8-12-20(16(3)4)22(19)26-24-23(27-13-14-28-24)25-21-17(5)9-7-10-18(21)6/h7-12,15-16H,13-14H2,1-6H3. The van der Waals surface area contributed by atoms with Crippen molar-refractivity contribution < 1.29 is 0 Å². The molecule has 0 aliphatic carbocycles. The van der Waals surface area contributed by atoms with Gasteiger partial charge in [0.25, 0.3) is 0 Å². The van der Waals surface area contributed by atoms with Crippen LogP contribution in [-0.2, 0) is 0 Å². The summed E-state index contributed by atoms with van der Waals surface area (Å²) in [7, 11) is 0. The fourth-order valence-corrected chi connectivity index (χ4v) is 5.44. The highest BCUT2D eigenvalue weighted by Crippen LogP contribution is 2.37. The van der Waals surface area contributed by atoms with Crippen LogP contribution >= 0.6 is 23.5 Å². The van der Waals surface area contributed by atoms with E-state index in [2.05, 4.69) is 77.9 Å². The van der Waals surface area contributed by atoms with Crippen LogP contribution in [0.3, 0.4) is 0 Å². The number of benzene rings is 2. The Morgan fingerprint density at radius 3 is 1.57 bits per heavy atom. The Labute approximate surface area is 178 Å². The average molecular weight is 411 g/mol. The molecule has 0 saturated carbocycles. The van der Waals surface area contributed by atoms with E-state index in [1.807, 2.05) is 23.5 Å². The van der Waals surface area contributed by atoms with Gasteiger partial charge in [-0.25, -0.2) is 9.98 Å². The van der Waals surface area contributed by atoms with E-state index < -0.39 is 0 Å². The molecule has 1 aliphatic heterocycles. The molecule has 0 amide bonds. The second-order valence-electron chi connectivity index (χ2n) is 7.87. The van der Waals surface area contributed by atoms with Gasteiger partial charge in [-0.05, 0) is 47.9 Å². The molecule has 0 radical (unpaired) electrons. The maximum Gasteiger partial charge on any atom is 0.129 e. The van der Waals surface area contributed by atoms with Gasteiger partial charge in [0.05, 0.1) is 11.4 Å². The molecule has 3 rings (SSSR count). The first-order chi connectivity index (χ1) is 13.4. The van der Waals surface area contributed by atoms with E-state index >= 15 is 0 Å². The lowest BCUT2D eigenvalue weighted by Gasteiger charge is -2.20. The molecule has 2 aromatic rings. The molecule has 0 N–H and O–H groups in total. The molecular formula is C24H30N2S2. The van der Waals surface area contributed by atoms with Gasteiger partial charge in [0.2, 0.25) is 0 Å². The van der Waals surface area contributed by atoms with Crippen molar-refractivity contribution in [3.05, 3.63) is 58.7 Å². The summed E-state index contributed by atoms with van der Waals surface area (Å²) in [5, 5.41) is 2.12. The molecule has 2 aromatic carbocycles. The van der Waals surface area contributed by atoms with Gasteiger partial charge in [-0.15, -0.1) is 23.5 Å². The molecule has 2 nitrogen and oxygen atoms in total. The van der Waals surface area contributed by atoms with Crippen molar-refractivity contribution in [3.8, 4) is 0 Å². The van der Waals surface area contributed by atoms with Crippen LogP contribution in [-0.4, -0.2) is 21.6 Å². The maximum atomic E-state index is 5.23. The van der Waals surface area contributed by atoms with Crippen LogP contribution in [0.15, 0.2) is 46.4 Å². The van der Waals surface area contributed by atoms with Crippen molar-refractivity contribution in [2.24, 2.45) is 9.98 Å². The lowest BCUT2D eigenvalue weighted by molar-refractivity contribution is 0.835. The van der Waals surface area contributed by atoms with E-state index in [1.165, 1.54) is 22.3 Å². The van der Waals surface area contributed by atoms with Crippen LogP contribution in [0, 0.1) is 13.8 Å². The molecule has 148 valence electrons. The fourth-order valence-electron chi connectivity index (χ4n) is 3.39. The van der Waals surface area contributed by atoms with Gasteiger partial charge in [0.15, 0.2) is 0 Å². The smallest absolute Gasteiger partial charge is 0.129 e. The number of aryl methyl sites for hydroxylation is 2. The Morgan fingerprint density at radius 1 is 0.679 bits per heavy atom. The Kier molecular flexibility index (Phi) is 7.05. The highest BCUT2D eigenvalue weighted by atomic mass is 32.2. The van der Waals surface area contributed by atoms with Gasteiger partial charge in [0.1, 0.15) is 10.1 Å². The molecule has 1 saturated heterocycles. The Hall–Kier alpha value is -1.52. The van der Waals surface area contributed by atoms with E-state index in [9.17, 15) is 0 Å². The van der Waals surface area contributed by atoms with E-state index in [4.69, 9.17) is 9.98 Å². The van der Waals surface area contributed by atoms with E-state index in [0.29, 0.717) is 11.8 Å². The van der Waals surface area contributed by atoms with Gasteiger partial charge in [-0.3, -0.25) is 0 Å². The lowest BCUT2D eigenvalue weighted by Crippen LogP contribution is -2.15. The van der Waals surface area contributed by atoms with Crippen LogP contribution in [0.1, 0.15) is 61.8 Å². The van der Waals surface area contributed by atoms with Gasteiger partial charge in [-0.2, -0.15) is 0 Å². The molecule has 1 aliphatic rings. The zero-order chi connectivity index (χ0) is 20.3. The largest absolute Gasteiger partial charge is 0.239 e. The molecule has 0 spiro atoms. The van der Waals surface area contributed by atoms with Crippen molar-refractivity contribution in [1.29, 1.82) is 0 Å². The third kappa shape index (κ3) is 4.72. The molecule has 4 heteroatoms. The van der Waals surface area contributed by atoms with Crippen LogP contribution in [0.25, 0.3) is 0 Å². The summed E-state index contributed by atoms with van der Waals surface area (Å²) in [5.74, 6) is 3.04. The third-order valence-electron chi connectivity index (χ3n) is 4.95. The second kappa shape index (κ2) is 9.32. The summed E-state index contributed by atoms with van der Waals surface area (Å²) in [5.41, 5.74) is 7.30. The fraction of sp³-hybridized carbons (Fsp3) is 0.417. The predicted molar refractivity (Wildman–Crippen MR) is 130 cm³/mol. The first kappa shape index (κ1) is 21.2. The van der Waals surface area contributed by atoms with Gasteiger partial charge < -0.3 is 0 Å². The number of nitrogens with zero attached hydrogens (tertiary/aromatic N) is 2. The monoisotopic (exact) mass is 410 g/mol. The van der Waals surface area contributed by atoms with Crippen LogP contribution in [0.5, 0.6) is 0 Å². The van der Waals surface area contributed by atoms with Crippen LogP contribution in [0.2, 0.25) is 0 Å². The van der Waals surface area contributed by atoms with Crippen molar-refractivity contribution in [2.45, 2.75) is 53.4 Å². The van der Waals surface area contributed by atoms with Crippen LogP contribution < -0.4 is 0 Å². The number of para-hydroxylation sites is 2. The number of hydrogen-bond acceptors (Lipinski definition) is 4. The van der Waals surface area contributed by atoms with Crippen LogP contribution in [0.4, 0.5) is 11.4 Å². The third-order valence-corrected chi connectivity index (χ3v) is 7.27. The number of rotatable bonds is 4. The van der Waals surface area contributed by atoms with Gasteiger partial charge in [-0.1, -0.05) is 64.1 Å². The van der Waals surface area contributed by atoms with Crippen molar-refractivity contribution in [1.82, 2.24) is 0 Å². The zero-order valence-electron chi connectivity index (χ0n) is 17.7. The van der Waals surface area contributed by atoms with Crippen molar-refractivity contribution >= 4 is 45.0 Å². The summed E-state index contributed by atoms with van der Waals surface area (Å²) >= 11 is 3.67. The number of aliphatic imine (C=N–C) groups is 2.